The fourth-order valence-corrected chi connectivity index (χ4v) is 1.36. The molecule has 1 aromatic rings. The predicted molar refractivity (Wildman–Crippen MR) is 75.7 cm³/mol. The van der Waals surface area contributed by atoms with Crippen molar-refractivity contribution in [3.05, 3.63) is 42.5 Å². The zero-order chi connectivity index (χ0) is 14.1. The molecular weight excluding hydrogens is 244 g/mol. The fraction of sp³-hybridized carbons (Fsp3) is 0.214. The van der Waals surface area contributed by atoms with E-state index in [2.05, 4.69) is 11.9 Å². The Balaban J connectivity index is 2.64. The van der Waals surface area contributed by atoms with E-state index in [4.69, 9.17) is 15.6 Å². The minimum absolute atomic E-state index is 0.0815. The van der Waals surface area contributed by atoms with Crippen molar-refractivity contribution < 1.29 is 14.6 Å². The normalized spacial score (nSPS) is 10.4. The van der Waals surface area contributed by atoms with E-state index in [1.54, 1.807) is 30.4 Å². The second kappa shape index (κ2) is 7.94. The van der Waals surface area contributed by atoms with Crippen LogP contribution >= 0.6 is 0 Å². The summed E-state index contributed by atoms with van der Waals surface area (Å²) in [4.78, 5) is 11.3. The van der Waals surface area contributed by atoms with Crippen molar-refractivity contribution in [2.45, 2.75) is 0 Å². The smallest absolute Gasteiger partial charge is 0.244 e. The molecule has 5 heteroatoms. The molecule has 0 fully saturated rings. The molecule has 4 N–H and O–H groups in total. The van der Waals surface area contributed by atoms with Crippen LogP contribution in [0.2, 0.25) is 0 Å². The van der Waals surface area contributed by atoms with Gasteiger partial charge in [0, 0.05) is 12.6 Å². The monoisotopic (exact) mass is 262 g/mol. The number of carbonyl (C=O) groups is 1. The average Bonchev–Trinajstić information content (AvgIpc) is 2.41. The molecule has 1 amide bonds. The quantitative estimate of drug-likeness (QED) is 0.388. The Morgan fingerprint density at radius 2 is 2.32 bits per heavy atom. The molecule has 0 saturated heterocycles. The largest absolute Gasteiger partial charge is 0.487 e. The maximum absolute atomic E-state index is 11.3. The Hall–Kier alpha value is -2.27. The van der Waals surface area contributed by atoms with Crippen molar-refractivity contribution in [2.75, 3.05) is 25.5 Å². The van der Waals surface area contributed by atoms with Gasteiger partial charge in [0.1, 0.15) is 12.4 Å². The van der Waals surface area contributed by atoms with Gasteiger partial charge in [0.05, 0.1) is 12.3 Å². The van der Waals surface area contributed by atoms with E-state index in [0.717, 1.165) is 5.56 Å². The minimum Gasteiger partial charge on any atom is -0.487 e. The Labute approximate surface area is 112 Å². The molecule has 0 bridgehead atoms. The van der Waals surface area contributed by atoms with E-state index in [-0.39, 0.29) is 19.1 Å². The van der Waals surface area contributed by atoms with Crippen LogP contribution in [0.25, 0.3) is 6.08 Å². The highest BCUT2D eigenvalue weighted by atomic mass is 16.5. The van der Waals surface area contributed by atoms with E-state index in [1.165, 1.54) is 6.08 Å². The number of nitrogen functional groups attached to an aromatic ring is 1. The third kappa shape index (κ3) is 5.27. The van der Waals surface area contributed by atoms with Gasteiger partial charge in [-0.3, -0.25) is 4.79 Å². The number of nitrogens with two attached hydrogens (primary N) is 1. The van der Waals surface area contributed by atoms with Gasteiger partial charge in [0.15, 0.2) is 0 Å². The first-order valence-electron chi connectivity index (χ1n) is 5.87. The third-order valence-corrected chi connectivity index (χ3v) is 2.23. The van der Waals surface area contributed by atoms with Gasteiger partial charge >= 0.3 is 0 Å². The molecule has 19 heavy (non-hydrogen) atoms. The summed E-state index contributed by atoms with van der Waals surface area (Å²) in [7, 11) is 0. The van der Waals surface area contributed by atoms with Crippen molar-refractivity contribution in [1.29, 1.82) is 0 Å². The van der Waals surface area contributed by atoms with Gasteiger partial charge in [0.2, 0.25) is 5.91 Å². The van der Waals surface area contributed by atoms with Crippen molar-refractivity contribution in [3.63, 3.8) is 0 Å². The summed E-state index contributed by atoms with van der Waals surface area (Å²) in [6.45, 7) is 4.10. The van der Waals surface area contributed by atoms with E-state index >= 15 is 0 Å². The Morgan fingerprint density at radius 1 is 1.53 bits per heavy atom. The Bertz CT molecular complexity index is 470. The van der Waals surface area contributed by atoms with Crippen LogP contribution in [0.15, 0.2) is 36.9 Å². The molecule has 0 aromatic heterocycles. The van der Waals surface area contributed by atoms with E-state index in [0.29, 0.717) is 18.0 Å². The zero-order valence-electron chi connectivity index (χ0n) is 10.6. The van der Waals surface area contributed by atoms with Crippen LogP contribution in [0.1, 0.15) is 5.56 Å². The molecule has 102 valence electrons. The van der Waals surface area contributed by atoms with Crippen molar-refractivity contribution in [1.82, 2.24) is 5.32 Å². The van der Waals surface area contributed by atoms with Gasteiger partial charge < -0.3 is 20.9 Å². The van der Waals surface area contributed by atoms with Gasteiger partial charge in [-0.05, 0) is 23.8 Å². The SMILES string of the molecule is C=CCOc1ccc(/C=C\C(=O)NCCO)cc1N. The fourth-order valence-electron chi connectivity index (χ4n) is 1.36. The van der Waals surface area contributed by atoms with Gasteiger partial charge in [0.25, 0.3) is 0 Å². The molecule has 0 spiro atoms. The molecule has 0 aliphatic carbocycles. The summed E-state index contributed by atoms with van der Waals surface area (Å²) in [5, 5.41) is 11.1. The summed E-state index contributed by atoms with van der Waals surface area (Å²) >= 11 is 0. The zero-order valence-corrected chi connectivity index (χ0v) is 10.6. The molecule has 0 aliphatic rings. The molecule has 0 heterocycles. The summed E-state index contributed by atoms with van der Waals surface area (Å²) in [5.74, 6) is 0.321. The summed E-state index contributed by atoms with van der Waals surface area (Å²) in [5.41, 5.74) is 7.12. The molecule has 5 nitrogen and oxygen atoms in total. The molecule has 1 rings (SSSR count). The van der Waals surface area contributed by atoms with Crippen LogP contribution < -0.4 is 15.8 Å². The molecular formula is C14H18N2O3. The number of aliphatic hydroxyl groups excluding tert-OH is 1. The number of anilines is 1. The maximum atomic E-state index is 11.3. The lowest BCUT2D eigenvalue weighted by molar-refractivity contribution is -0.116. The standard InChI is InChI=1S/C14H18N2O3/c1-2-9-19-13-5-3-11(10-12(13)15)4-6-14(18)16-7-8-17/h2-6,10,17H,1,7-9,15H2,(H,16,18)/b6-4-. The van der Waals surface area contributed by atoms with Crippen LogP contribution in [0.5, 0.6) is 5.75 Å². The highest BCUT2D eigenvalue weighted by Gasteiger charge is 2.00. The van der Waals surface area contributed by atoms with E-state index in [1.807, 2.05) is 0 Å². The number of nitrogens with one attached hydrogen (secondary N) is 1. The number of benzene rings is 1. The van der Waals surface area contributed by atoms with Crippen LogP contribution in [-0.4, -0.2) is 30.8 Å². The number of amides is 1. The lowest BCUT2D eigenvalue weighted by atomic mass is 10.1. The van der Waals surface area contributed by atoms with Crippen molar-refractivity contribution >= 4 is 17.7 Å². The number of hydrogen-bond donors (Lipinski definition) is 3. The molecule has 0 aliphatic heterocycles. The minimum atomic E-state index is -0.264. The molecule has 0 saturated carbocycles. The van der Waals surface area contributed by atoms with Gasteiger partial charge in [-0.2, -0.15) is 0 Å². The summed E-state index contributed by atoms with van der Waals surface area (Å²) < 4.78 is 5.35. The summed E-state index contributed by atoms with van der Waals surface area (Å²) in [6.07, 6.45) is 4.66. The van der Waals surface area contributed by atoms with E-state index < -0.39 is 0 Å². The van der Waals surface area contributed by atoms with Crippen molar-refractivity contribution in [3.8, 4) is 5.75 Å². The number of hydrogen-bond acceptors (Lipinski definition) is 4. The van der Waals surface area contributed by atoms with Gasteiger partial charge in [-0.15, -0.1) is 0 Å². The number of ether oxygens (including phenoxy) is 1. The molecule has 1 aromatic carbocycles. The highest BCUT2D eigenvalue weighted by Crippen LogP contribution is 2.23. The lowest BCUT2D eigenvalue weighted by Gasteiger charge is -2.07. The molecule has 0 unspecified atom stereocenters. The predicted octanol–water partition coefficient (Wildman–Crippen LogP) is 0.955. The Morgan fingerprint density at radius 3 is 2.95 bits per heavy atom. The first-order valence-corrected chi connectivity index (χ1v) is 5.87. The van der Waals surface area contributed by atoms with Crippen LogP contribution in [0, 0.1) is 0 Å². The van der Waals surface area contributed by atoms with E-state index in [9.17, 15) is 4.79 Å². The van der Waals surface area contributed by atoms with Crippen LogP contribution in [-0.2, 0) is 4.79 Å². The third-order valence-electron chi connectivity index (χ3n) is 2.23. The first-order chi connectivity index (χ1) is 9.17. The summed E-state index contributed by atoms with van der Waals surface area (Å²) in [6, 6.07) is 5.25. The van der Waals surface area contributed by atoms with Gasteiger partial charge in [-0.1, -0.05) is 18.7 Å². The Kier molecular flexibility index (Phi) is 6.18. The molecule has 0 radical (unpaired) electrons. The van der Waals surface area contributed by atoms with Gasteiger partial charge in [-0.25, -0.2) is 0 Å². The second-order valence-corrected chi connectivity index (χ2v) is 3.74. The highest BCUT2D eigenvalue weighted by molar-refractivity contribution is 5.91. The lowest BCUT2D eigenvalue weighted by Crippen LogP contribution is -2.24. The second-order valence-electron chi connectivity index (χ2n) is 3.74. The molecule has 0 atom stereocenters. The van der Waals surface area contributed by atoms with Crippen LogP contribution in [0.4, 0.5) is 5.69 Å². The average molecular weight is 262 g/mol. The maximum Gasteiger partial charge on any atom is 0.244 e. The number of aliphatic hydroxyl groups is 1. The van der Waals surface area contributed by atoms with Crippen molar-refractivity contribution in [2.24, 2.45) is 0 Å². The number of rotatable bonds is 7. The number of carbonyl (C=O) groups excluding carboxylic acids is 1. The van der Waals surface area contributed by atoms with Crippen LogP contribution in [0.3, 0.4) is 0 Å². The topological polar surface area (TPSA) is 84.6 Å². The first kappa shape index (κ1) is 14.8.